The zero-order chi connectivity index (χ0) is 16.9. The van der Waals surface area contributed by atoms with Gasteiger partial charge in [-0.3, -0.25) is 4.79 Å². The third kappa shape index (κ3) is 4.00. The van der Waals surface area contributed by atoms with Crippen molar-refractivity contribution in [2.75, 3.05) is 26.2 Å². The molecule has 2 heterocycles. The molecular weight excluding hydrogens is 302 g/mol. The molecule has 1 aromatic heterocycles. The average Bonchev–Trinajstić information content (AvgIpc) is 2.94. The summed E-state index contributed by atoms with van der Waals surface area (Å²) in [6.45, 7) is 5.81. The predicted octanol–water partition coefficient (Wildman–Crippen LogP) is 2.01. The fourth-order valence-electron chi connectivity index (χ4n) is 3.15. The van der Waals surface area contributed by atoms with Crippen LogP contribution in [0.1, 0.15) is 35.4 Å². The molecule has 1 aromatic carbocycles. The lowest BCUT2D eigenvalue weighted by Crippen LogP contribution is -2.37. The van der Waals surface area contributed by atoms with Gasteiger partial charge in [0.15, 0.2) is 5.82 Å². The Hall–Kier alpha value is -2.21. The summed E-state index contributed by atoms with van der Waals surface area (Å²) in [5, 5.41) is 7.26. The molecule has 0 radical (unpaired) electrons. The highest BCUT2D eigenvalue weighted by Gasteiger charge is 2.12. The van der Waals surface area contributed by atoms with Crippen molar-refractivity contribution in [2.45, 2.75) is 26.2 Å². The first-order valence-electron chi connectivity index (χ1n) is 8.62. The third-order valence-corrected chi connectivity index (χ3v) is 4.44. The Balaban J connectivity index is 1.54. The van der Waals surface area contributed by atoms with Gasteiger partial charge < -0.3 is 10.2 Å². The zero-order valence-corrected chi connectivity index (χ0v) is 14.5. The van der Waals surface area contributed by atoms with E-state index in [0.29, 0.717) is 12.1 Å². The fraction of sp³-hybridized carbons (Fsp3) is 0.500. The van der Waals surface area contributed by atoms with Crippen LogP contribution >= 0.6 is 0 Å². The SMILES string of the molecule is Cc1nc(-c2ccc(C(=O)NCCN3CCCCC3)cc2)n(C)n1. The first kappa shape index (κ1) is 16.6. The minimum absolute atomic E-state index is 0.0206. The molecule has 0 aliphatic carbocycles. The number of aromatic nitrogens is 3. The molecule has 1 aliphatic heterocycles. The number of amides is 1. The summed E-state index contributed by atoms with van der Waals surface area (Å²) >= 11 is 0. The normalized spacial score (nSPS) is 15.4. The van der Waals surface area contributed by atoms with Crippen molar-refractivity contribution in [3.05, 3.63) is 35.7 Å². The van der Waals surface area contributed by atoms with Gasteiger partial charge in [-0.05, 0) is 45.0 Å². The largest absolute Gasteiger partial charge is 0.351 e. The van der Waals surface area contributed by atoms with Gasteiger partial charge in [0.25, 0.3) is 5.91 Å². The van der Waals surface area contributed by atoms with Gasteiger partial charge in [-0.1, -0.05) is 18.6 Å². The van der Waals surface area contributed by atoms with Crippen LogP contribution in [0.25, 0.3) is 11.4 Å². The lowest BCUT2D eigenvalue weighted by Gasteiger charge is -2.26. The molecule has 1 N–H and O–H groups in total. The van der Waals surface area contributed by atoms with Crippen LogP contribution in [0, 0.1) is 6.92 Å². The van der Waals surface area contributed by atoms with Gasteiger partial charge in [-0.2, -0.15) is 5.10 Å². The molecular formula is C18H25N5O. The molecule has 1 amide bonds. The Labute approximate surface area is 142 Å². The summed E-state index contributed by atoms with van der Waals surface area (Å²) in [5.41, 5.74) is 1.64. The number of benzene rings is 1. The lowest BCUT2D eigenvalue weighted by molar-refractivity contribution is 0.0946. The van der Waals surface area contributed by atoms with Crippen molar-refractivity contribution < 1.29 is 4.79 Å². The molecule has 24 heavy (non-hydrogen) atoms. The Kier molecular flexibility index (Phi) is 5.25. The van der Waals surface area contributed by atoms with Crippen molar-refractivity contribution in [1.82, 2.24) is 25.0 Å². The van der Waals surface area contributed by atoms with E-state index in [1.165, 1.54) is 19.3 Å². The van der Waals surface area contributed by atoms with Crippen molar-refractivity contribution in [3.8, 4) is 11.4 Å². The molecule has 0 bridgehead atoms. The summed E-state index contributed by atoms with van der Waals surface area (Å²) in [5.74, 6) is 1.53. The van der Waals surface area contributed by atoms with Crippen molar-refractivity contribution in [2.24, 2.45) is 7.05 Å². The molecule has 0 unspecified atom stereocenters. The van der Waals surface area contributed by atoms with E-state index in [2.05, 4.69) is 20.3 Å². The van der Waals surface area contributed by atoms with Crippen LogP contribution in [-0.4, -0.2) is 51.8 Å². The van der Waals surface area contributed by atoms with E-state index < -0.39 is 0 Å². The fourth-order valence-corrected chi connectivity index (χ4v) is 3.15. The number of hydrogen-bond donors (Lipinski definition) is 1. The molecule has 0 saturated carbocycles. The molecule has 3 rings (SSSR count). The Morgan fingerprint density at radius 1 is 1.17 bits per heavy atom. The second-order valence-corrected chi connectivity index (χ2v) is 6.34. The van der Waals surface area contributed by atoms with Gasteiger partial charge in [-0.15, -0.1) is 0 Å². The molecule has 1 aliphatic rings. The number of piperidine rings is 1. The van der Waals surface area contributed by atoms with E-state index in [0.717, 1.165) is 36.8 Å². The predicted molar refractivity (Wildman–Crippen MR) is 93.8 cm³/mol. The monoisotopic (exact) mass is 327 g/mol. The summed E-state index contributed by atoms with van der Waals surface area (Å²) in [7, 11) is 1.87. The highest BCUT2D eigenvalue weighted by Crippen LogP contribution is 2.17. The zero-order valence-electron chi connectivity index (χ0n) is 14.5. The number of carbonyl (C=O) groups excluding carboxylic acids is 1. The number of nitrogens with zero attached hydrogens (tertiary/aromatic N) is 4. The highest BCUT2D eigenvalue weighted by molar-refractivity contribution is 5.94. The molecule has 128 valence electrons. The van der Waals surface area contributed by atoms with Crippen LogP contribution in [0.3, 0.4) is 0 Å². The number of rotatable bonds is 5. The van der Waals surface area contributed by atoms with Crippen molar-refractivity contribution in [3.63, 3.8) is 0 Å². The maximum Gasteiger partial charge on any atom is 0.251 e. The van der Waals surface area contributed by atoms with E-state index >= 15 is 0 Å². The van der Waals surface area contributed by atoms with E-state index in [1.54, 1.807) is 4.68 Å². The van der Waals surface area contributed by atoms with Gasteiger partial charge in [0.1, 0.15) is 5.82 Å². The summed E-state index contributed by atoms with van der Waals surface area (Å²) < 4.78 is 1.75. The van der Waals surface area contributed by atoms with Gasteiger partial charge in [0.05, 0.1) is 0 Å². The maximum absolute atomic E-state index is 12.2. The maximum atomic E-state index is 12.2. The quantitative estimate of drug-likeness (QED) is 0.912. The van der Waals surface area contributed by atoms with Crippen molar-refractivity contribution in [1.29, 1.82) is 0 Å². The Bertz CT molecular complexity index is 686. The lowest BCUT2D eigenvalue weighted by atomic mass is 10.1. The minimum atomic E-state index is -0.0206. The van der Waals surface area contributed by atoms with Crippen molar-refractivity contribution >= 4 is 5.91 Å². The van der Waals surface area contributed by atoms with Gasteiger partial charge in [0.2, 0.25) is 0 Å². The molecule has 1 saturated heterocycles. The standard InChI is InChI=1S/C18H25N5O/c1-14-20-17(22(2)21-14)15-6-8-16(9-7-15)18(24)19-10-13-23-11-4-3-5-12-23/h6-9H,3-5,10-13H2,1-2H3,(H,19,24). The average molecular weight is 327 g/mol. The highest BCUT2D eigenvalue weighted by atomic mass is 16.1. The third-order valence-electron chi connectivity index (χ3n) is 4.44. The summed E-state index contributed by atoms with van der Waals surface area (Å²) in [6, 6.07) is 7.52. The second-order valence-electron chi connectivity index (χ2n) is 6.34. The van der Waals surface area contributed by atoms with E-state index in [4.69, 9.17) is 0 Å². The van der Waals surface area contributed by atoms with E-state index in [1.807, 2.05) is 38.2 Å². The molecule has 0 spiro atoms. The van der Waals surface area contributed by atoms with E-state index in [9.17, 15) is 4.79 Å². The van der Waals surface area contributed by atoms with Crippen LogP contribution < -0.4 is 5.32 Å². The topological polar surface area (TPSA) is 63.1 Å². The molecule has 6 heteroatoms. The molecule has 6 nitrogen and oxygen atoms in total. The summed E-state index contributed by atoms with van der Waals surface area (Å²) in [6.07, 6.45) is 3.88. The van der Waals surface area contributed by atoms with Gasteiger partial charge in [-0.25, -0.2) is 9.67 Å². The van der Waals surface area contributed by atoms with Gasteiger partial charge >= 0.3 is 0 Å². The van der Waals surface area contributed by atoms with Crippen LogP contribution in [0.4, 0.5) is 0 Å². The van der Waals surface area contributed by atoms with Crippen LogP contribution in [-0.2, 0) is 7.05 Å². The first-order chi connectivity index (χ1) is 11.6. The minimum Gasteiger partial charge on any atom is -0.351 e. The first-order valence-corrected chi connectivity index (χ1v) is 8.62. The van der Waals surface area contributed by atoms with Crippen LogP contribution in [0.2, 0.25) is 0 Å². The van der Waals surface area contributed by atoms with E-state index in [-0.39, 0.29) is 5.91 Å². The Morgan fingerprint density at radius 3 is 2.50 bits per heavy atom. The number of hydrogen-bond acceptors (Lipinski definition) is 4. The number of likely N-dealkylation sites (tertiary alicyclic amines) is 1. The van der Waals surface area contributed by atoms with Gasteiger partial charge in [0, 0.05) is 31.3 Å². The number of carbonyl (C=O) groups is 1. The smallest absolute Gasteiger partial charge is 0.251 e. The van der Waals surface area contributed by atoms with Crippen LogP contribution in [0.15, 0.2) is 24.3 Å². The Morgan fingerprint density at radius 2 is 1.88 bits per heavy atom. The van der Waals surface area contributed by atoms with Crippen LogP contribution in [0.5, 0.6) is 0 Å². The molecule has 1 fully saturated rings. The molecule has 0 atom stereocenters. The molecule has 2 aromatic rings. The number of nitrogens with one attached hydrogen (secondary N) is 1. The summed E-state index contributed by atoms with van der Waals surface area (Å²) in [4.78, 5) is 19.1. The second kappa shape index (κ2) is 7.57. The number of aryl methyl sites for hydroxylation is 2.